The summed E-state index contributed by atoms with van der Waals surface area (Å²) in [4.78, 5) is 12.0. The second-order valence-electron chi connectivity index (χ2n) is 5.88. The van der Waals surface area contributed by atoms with E-state index in [4.69, 9.17) is 27.9 Å². The molecule has 0 unspecified atom stereocenters. The summed E-state index contributed by atoms with van der Waals surface area (Å²) >= 11 is 11.7. The molecule has 0 atom stereocenters. The number of carbonyl (C=O) groups excluding carboxylic acids is 1. The van der Waals surface area contributed by atoms with Gasteiger partial charge < -0.3 is 10.1 Å². The molecule has 6 nitrogen and oxygen atoms in total. The number of rotatable bonds is 8. The van der Waals surface area contributed by atoms with Crippen LogP contribution < -0.4 is 14.8 Å². The van der Waals surface area contributed by atoms with E-state index < -0.39 is 10.0 Å². The van der Waals surface area contributed by atoms with Crippen molar-refractivity contribution in [3.63, 3.8) is 0 Å². The Hall–Kier alpha value is -1.80. The van der Waals surface area contributed by atoms with Gasteiger partial charge >= 0.3 is 0 Å². The average Bonchev–Trinajstić information content (AvgIpc) is 2.61. The van der Waals surface area contributed by atoms with E-state index >= 15 is 0 Å². The number of sulfonamides is 1. The Morgan fingerprint density at radius 3 is 2.48 bits per heavy atom. The van der Waals surface area contributed by atoms with Crippen molar-refractivity contribution in [3.05, 3.63) is 57.6 Å². The molecule has 146 valence electrons. The molecule has 27 heavy (non-hydrogen) atoms. The second-order valence-corrected chi connectivity index (χ2v) is 8.43. The van der Waals surface area contributed by atoms with Crippen molar-refractivity contribution in [3.8, 4) is 5.75 Å². The molecule has 0 aromatic heterocycles. The lowest BCUT2D eigenvalue weighted by molar-refractivity contribution is -0.123. The van der Waals surface area contributed by atoms with Gasteiger partial charge in [-0.15, -0.1) is 0 Å². The fourth-order valence-electron chi connectivity index (χ4n) is 2.23. The molecule has 2 aromatic carbocycles. The van der Waals surface area contributed by atoms with Crippen LogP contribution in [0.25, 0.3) is 0 Å². The highest BCUT2D eigenvalue weighted by atomic mass is 35.5. The maximum Gasteiger partial charge on any atom is 0.257 e. The summed E-state index contributed by atoms with van der Waals surface area (Å²) in [6, 6.07) is 9.89. The lowest BCUT2D eigenvalue weighted by atomic mass is 10.2. The van der Waals surface area contributed by atoms with E-state index in [1.54, 1.807) is 31.2 Å². The number of carbonyl (C=O) groups is 1. The number of hydrogen-bond donors (Lipinski definition) is 2. The van der Waals surface area contributed by atoms with Crippen molar-refractivity contribution in [1.29, 1.82) is 0 Å². The summed E-state index contributed by atoms with van der Waals surface area (Å²) in [6.07, 6.45) is 0. The third-order valence-corrected chi connectivity index (χ3v) is 5.98. The molecule has 2 rings (SSSR count). The quantitative estimate of drug-likeness (QED) is 0.630. The van der Waals surface area contributed by atoms with Crippen LogP contribution >= 0.6 is 23.2 Å². The van der Waals surface area contributed by atoms with Gasteiger partial charge in [0, 0.05) is 19.2 Å². The summed E-state index contributed by atoms with van der Waals surface area (Å²) in [7, 11) is -3.64. The highest BCUT2D eigenvalue weighted by Gasteiger charge is 2.16. The zero-order valence-corrected chi connectivity index (χ0v) is 17.2. The Bertz CT molecular complexity index is 933. The molecular formula is C18H20Cl2N2O4S. The van der Waals surface area contributed by atoms with E-state index in [1.807, 2.05) is 13.0 Å². The molecule has 0 aliphatic heterocycles. The number of nitrogens with one attached hydrogen (secondary N) is 2. The van der Waals surface area contributed by atoms with Crippen molar-refractivity contribution in [2.45, 2.75) is 18.7 Å². The molecule has 2 N–H and O–H groups in total. The summed E-state index contributed by atoms with van der Waals surface area (Å²) in [5.74, 6) is 0.0298. The molecule has 2 aromatic rings. The Morgan fingerprint density at radius 2 is 1.78 bits per heavy atom. The van der Waals surface area contributed by atoms with Crippen LogP contribution in [0, 0.1) is 13.8 Å². The number of ether oxygens (including phenoxy) is 1. The first-order valence-corrected chi connectivity index (χ1v) is 10.3. The summed E-state index contributed by atoms with van der Waals surface area (Å²) in [5.41, 5.74) is 1.51. The zero-order chi connectivity index (χ0) is 20.0. The Kier molecular flexibility index (Phi) is 7.49. The van der Waals surface area contributed by atoms with E-state index in [9.17, 15) is 13.2 Å². The molecule has 0 saturated carbocycles. The topological polar surface area (TPSA) is 84.5 Å². The lowest BCUT2D eigenvalue weighted by Crippen LogP contribution is -2.37. The predicted octanol–water partition coefficient (Wildman–Crippen LogP) is 3.08. The van der Waals surface area contributed by atoms with Crippen LogP contribution in [-0.2, 0) is 14.8 Å². The van der Waals surface area contributed by atoms with E-state index in [-0.39, 0.29) is 30.5 Å². The monoisotopic (exact) mass is 430 g/mol. The Morgan fingerprint density at radius 1 is 1.04 bits per heavy atom. The van der Waals surface area contributed by atoms with Gasteiger partial charge in [-0.05, 0) is 43.2 Å². The van der Waals surface area contributed by atoms with Gasteiger partial charge in [-0.25, -0.2) is 13.1 Å². The average molecular weight is 431 g/mol. The van der Waals surface area contributed by atoms with Gasteiger partial charge in [0.15, 0.2) is 6.61 Å². The summed E-state index contributed by atoms with van der Waals surface area (Å²) < 4.78 is 32.5. The van der Waals surface area contributed by atoms with Gasteiger partial charge in [0.1, 0.15) is 5.75 Å². The molecule has 0 aliphatic carbocycles. The molecular weight excluding hydrogens is 411 g/mol. The second kappa shape index (κ2) is 9.41. The lowest BCUT2D eigenvalue weighted by Gasteiger charge is -2.11. The Labute approximate surface area is 168 Å². The van der Waals surface area contributed by atoms with Crippen molar-refractivity contribution < 1.29 is 17.9 Å². The van der Waals surface area contributed by atoms with Gasteiger partial charge in [-0.3, -0.25) is 4.79 Å². The number of benzene rings is 2. The minimum absolute atomic E-state index is 0.0637. The molecule has 0 radical (unpaired) electrons. The molecule has 9 heteroatoms. The summed E-state index contributed by atoms with van der Waals surface area (Å²) in [5, 5.41) is 3.30. The standard InChI is InChI=1S/C18H20Cl2N2O4S/c1-12-3-4-13(2)17(9-12)27(24,25)22-8-7-21-18(23)11-26-14-5-6-15(19)16(20)10-14/h3-6,9-10,22H,7-8,11H2,1-2H3,(H,21,23). The normalized spacial score (nSPS) is 11.3. The Balaban J connectivity index is 1.77. The fraction of sp³-hybridized carbons (Fsp3) is 0.278. The SMILES string of the molecule is Cc1ccc(C)c(S(=O)(=O)NCCNC(=O)COc2ccc(Cl)c(Cl)c2)c1. The minimum Gasteiger partial charge on any atom is -0.484 e. The summed E-state index contributed by atoms with van der Waals surface area (Å²) in [6.45, 7) is 3.53. The highest BCUT2D eigenvalue weighted by molar-refractivity contribution is 7.89. The predicted molar refractivity (Wildman–Crippen MR) is 106 cm³/mol. The largest absolute Gasteiger partial charge is 0.484 e. The van der Waals surface area contributed by atoms with Gasteiger partial charge in [-0.1, -0.05) is 35.3 Å². The molecule has 0 fully saturated rings. The minimum atomic E-state index is -3.64. The van der Waals surface area contributed by atoms with Crippen LogP contribution in [0.5, 0.6) is 5.75 Å². The van der Waals surface area contributed by atoms with E-state index in [0.29, 0.717) is 21.4 Å². The van der Waals surface area contributed by atoms with E-state index in [1.165, 1.54) is 6.07 Å². The number of aryl methyl sites for hydroxylation is 2. The highest BCUT2D eigenvalue weighted by Crippen LogP contribution is 2.26. The molecule has 0 aliphatic rings. The molecule has 0 bridgehead atoms. The zero-order valence-electron chi connectivity index (χ0n) is 14.9. The van der Waals surface area contributed by atoms with Crippen LogP contribution in [0.15, 0.2) is 41.3 Å². The molecule has 0 heterocycles. The first-order chi connectivity index (χ1) is 12.7. The van der Waals surface area contributed by atoms with Crippen molar-refractivity contribution in [2.24, 2.45) is 0 Å². The van der Waals surface area contributed by atoms with E-state index in [2.05, 4.69) is 10.0 Å². The molecule has 0 spiro atoms. The maximum atomic E-state index is 12.3. The van der Waals surface area contributed by atoms with Gasteiger partial charge in [-0.2, -0.15) is 0 Å². The van der Waals surface area contributed by atoms with Crippen molar-refractivity contribution >= 4 is 39.1 Å². The van der Waals surface area contributed by atoms with Gasteiger partial charge in [0.2, 0.25) is 10.0 Å². The number of amides is 1. The van der Waals surface area contributed by atoms with Crippen LogP contribution in [0.2, 0.25) is 10.0 Å². The third-order valence-electron chi connectivity index (χ3n) is 3.63. The fourth-order valence-corrected chi connectivity index (χ4v) is 3.88. The third kappa shape index (κ3) is 6.39. The van der Waals surface area contributed by atoms with Crippen molar-refractivity contribution in [2.75, 3.05) is 19.7 Å². The smallest absolute Gasteiger partial charge is 0.257 e. The maximum absolute atomic E-state index is 12.3. The first-order valence-electron chi connectivity index (χ1n) is 8.10. The van der Waals surface area contributed by atoms with Crippen LogP contribution in [0.1, 0.15) is 11.1 Å². The van der Waals surface area contributed by atoms with Gasteiger partial charge in [0.05, 0.1) is 14.9 Å². The molecule has 0 saturated heterocycles. The molecule has 1 amide bonds. The number of halogens is 2. The van der Waals surface area contributed by atoms with Crippen molar-refractivity contribution in [1.82, 2.24) is 10.0 Å². The van der Waals surface area contributed by atoms with E-state index in [0.717, 1.165) is 5.56 Å². The first kappa shape index (κ1) is 21.5. The van der Waals surface area contributed by atoms with Crippen LogP contribution in [-0.4, -0.2) is 34.0 Å². The van der Waals surface area contributed by atoms with Gasteiger partial charge in [0.25, 0.3) is 5.91 Å². The number of hydrogen-bond acceptors (Lipinski definition) is 4. The van der Waals surface area contributed by atoms with Crippen LogP contribution in [0.4, 0.5) is 0 Å². The van der Waals surface area contributed by atoms with Crippen LogP contribution in [0.3, 0.4) is 0 Å².